The summed E-state index contributed by atoms with van der Waals surface area (Å²) in [6.07, 6.45) is 3.46. The monoisotopic (exact) mass is 189 g/mol. The summed E-state index contributed by atoms with van der Waals surface area (Å²) >= 11 is 0. The van der Waals surface area contributed by atoms with Gasteiger partial charge >= 0.3 is 0 Å². The molecule has 1 aromatic rings. The first kappa shape index (κ1) is 9.72. The number of hydrogen-bond donors (Lipinski definition) is 1. The Morgan fingerprint density at radius 1 is 1.29 bits per heavy atom. The quantitative estimate of drug-likeness (QED) is 0.760. The molecule has 14 heavy (non-hydrogen) atoms. The fourth-order valence-corrected chi connectivity index (χ4v) is 2.48. The lowest BCUT2D eigenvalue weighted by Gasteiger charge is -2.08. The average molecular weight is 189 g/mol. The third-order valence-corrected chi connectivity index (χ3v) is 3.43. The molecule has 0 aliphatic heterocycles. The minimum Gasteiger partial charge on any atom is -0.324 e. The third-order valence-electron chi connectivity index (χ3n) is 3.43. The third kappa shape index (κ3) is 1.46. The lowest BCUT2D eigenvalue weighted by Crippen LogP contribution is -2.05. The molecule has 76 valence electrons. The van der Waals surface area contributed by atoms with Gasteiger partial charge in [-0.05, 0) is 41.9 Å². The average Bonchev–Trinajstić information content (AvgIpc) is 2.55. The summed E-state index contributed by atoms with van der Waals surface area (Å²) < 4.78 is 0. The van der Waals surface area contributed by atoms with Crippen LogP contribution in [0.3, 0.4) is 0 Å². The Balaban J connectivity index is 2.41. The minimum atomic E-state index is 0.279. The molecule has 1 aromatic carbocycles. The second kappa shape index (κ2) is 3.74. The molecule has 0 saturated heterocycles. The molecule has 0 saturated carbocycles. The van der Waals surface area contributed by atoms with Crippen LogP contribution in [-0.4, -0.2) is 0 Å². The van der Waals surface area contributed by atoms with Crippen LogP contribution < -0.4 is 5.73 Å². The first-order valence-corrected chi connectivity index (χ1v) is 5.64. The Hall–Kier alpha value is -0.820. The Labute approximate surface area is 86.3 Å². The normalized spacial score (nSPS) is 25.1. The van der Waals surface area contributed by atoms with Gasteiger partial charge in [-0.1, -0.05) is 32.0 Å². The van der Waals surface area contributed by atoms with Crippen LogP contribution in [0.15, 0.2) is 18.2 Å². The molecule has 0 amide bonds. The van der Waals surface area contributed by atoms with Crippen LogP contribution in [0.25, 0.3) is 0 Å². The van der Waals surface area contributed by atoms with Gasteiger partial charge in [0.25, 0.3) is 0 Å². The van der Waals surface area contributed by atoms with Crippen molar-refractivity contribution in [3.05, 3.63) is 34.9 Å². The van der Waals surface area contributed by atoms with Crippen LogP contribution in [0, 0.1) is 0 Å². The number of rotatable bonds is 2. The highest BCUT2D eigenvalue weighted by molar-refractivity contribution is 5.40. The van der Waals surface area contributed by atoms with Crippen molar-refractivity contribution >= 4 is 0 Å². The van der Waals surface area contributed by atoms with Gasteiger partial charge in [0.05, 0.1) is 0 Å². The molecule has 0 aromatic heterocycles. The van der Waals surface area contributed by atoms with E-state index in [0.717, 1.165) is 12.8 Å². The smallest absolute Gasteiger partial charge is 0.0303 e. The van der Waals surface area contributed by atoms with E-state index in [9.17, 15) is 0 Å². The second-order valence-electron chi connectivity index (χ2n) is 4.26. The molecule has 0 bridgehead atoms. The zero-order valence-electron chi connectivity index (χ0n) is 9.09. The van der Waals surface area contributed by atoms with E-state index in [1.54, 1.807) is 0 Å². The van der Waals surface area contributed by atoms with Crippen LogP contribution in [0.4, 0.5) is 0 Å². The van der Waals surface area contributed by atoms with Gasteiger partial charge < -0.3 is 5.73 Å². The van der Waals surface area contributed by atoms with Crippen molar-refractivity contribution in [1.82, 2.24) is 0 Å². The molecule has 2 rings (SSSR count). The molecule has 0 radical (unpaired) electrons. The molecule has 1 nitrogen and oxygen atoms in total. The first-order valence-electron chi connectivity index (χ1n) is 5.64. The van der Waals surface area contributed by atoms with Crippen molar-refractivity contribution in [1.29, 1.82) is 0 Å². The predicted molar refractivity (Wildman–Crippen MR) is 60.4 cm³/mol. The molecule has 1 aliphatic rings. The predicted octanol–water partition coefficient (Wildman–Crippen LogP) is 3.15. The SMILES string of the molecule is CCc1ccc2c(c1)C(N)CC2CC. The standard InChI is InChI=1S/C13H19N/c1-3-9-5-6-11-10(4-2)8-13(14)12(11)7-9/h5-7,10,13H,3-4,8,14H2,1-2H3. The van der Waals surface area contributed by atoms with Gasteiger partial charge in [-0.3, -0.25) is 0 Å². The van der Waals surface area contributed by atoms with Gasteiger partial charge in [0, 0.05) is 6.04 Å². The van der Waals surface area contributed by atoms with E-state index in [2.05, 4.69) is 32.0 Å². The maximum Gasteiger partial charge on any atom is 0.0303 e. The number of hydrogen-bond acceptors (Lipinski definition) is 1. The Bertz CT molecular complexity index is 330. The van der Waals surface area contributed by atoms with E-state index >= 15 is 0 Å². The number of fused-ring (bicyclic) bond motifs is 1. The highest BCUT2D eigenvalue weighted by Crippen LogP contribution is 2.40. The minimum absolute atomic E-state index is 0.279. The van der Waals surface area contributed by atoms with Crippen molar-refractivity contribution in [2.75, 3.05) is 0 Å². The maximum atomic E-state index is 6.14. The first-order chi connectivity index (χ1) is 6.76. The zero-order chi connectivity index (χ0) is 10.1. The van der Waals surface area contributed by atoms with Crippen LogP contribution in [0.5, 0.6) is 0 Å². The fourth-order valence-electron chi connectivity index (χ4n) is 2.48. The van der Waals surface area contributed by atoms with Crippen LogP contribution in [0.2, 0.25) is 0 Å². The molecule has 0 heterocycles. The molecule has 1 heteroatoms. The number of aryl methyl sites for hydroxylation is 1. The summed E-state index contributed by atoms with van der Waals surface area (Å²) in [5, 5.41) is 0. The highest BCUT2D eigenvalue weighted by Gasteiger charge is 2.26. The molecular weight excluding hydrogens is 170 g/mol. The van der Waals surface area contributed by atoms with Crippen molar-refractivity contribution < 1.29 is 0 Å². The Morgan fingerprint density at radius 2 is 2.07 bits per heavy atom. The van der Waals surface area contributed by atoms with Gasteiger partial charge in [-0.2, -0.15) is 0 Å². The van der Waals surface area contributed by atoms with Crippen LogP contribution in [-0.2, 0) is 6.42 Å². The van der Waals surface area contributed by atoms with E-state index in [1.807, 2.05) is 0 Å². The van der Waals surface area contributed by atoms with Gasteiger partial charge in [0.2, 0.25) is 0 Å². The topological polar surface area (TPSA) is 26.0 Å². The van der Waals surface area contributed by atoms with E-state index in [0.29, 0.717) is 5.92 Å². The largest absolute Gasteiger partial charge is 0.324 e. The summed E-state index contributed by atoms with van der Waals surface area (Å²) in [6.45, 7) is 4.44. The molecule has 0 fully saturated rings. The fraction of sp³-hybridized carbons (Fsp3) is 0.538. The van der Waals surface area contributed by atoms with E-state index in [1.165, 1.54) is 23.1 Å². The molecule has 2 N–H and O–H groups in total. The van der Waals surface area contributed by atoms with Gasteiger partial charge in [-0.25, -0.2) is 0 Å². The van der Waals surface area contributed by atoms with Crippen LogP contribution in [0.1, 0.15) is 55.3 Å². The van der Waals surface area contributed by atoms with Crippen LogP contribution >= 0.6 is 0 Å². The summed E-state index contributed by atoms with van der Waals surface area (Å²) in [5.74, 6) is 0.700. The summed E-state index contributed by atoms with van der Waals surface area (Å²) in [5.41, 5.74) is 10.4. The van der Waals surface area contributed by atoms with Crippen molar-refractivity contribution in [2.45, 2.75) is 45.1 Å². The van der Waals surface area contributed by atoms with E-state index < -0.39 is 0 Å². The molecule has 0 spiro atoms. The lowest BCUT2D eigenvalue weighted by molar-refractivity contribution is 0.589. The van der Waals surface area contributed by atoms with Crippen molar-refractivity contribution in [3.8, 4) is 0 Å². The van der Waals surface area contributed by atoms with Gasteiger partial charge in [0.1, 0.15) is 0 Å². The highest BCUT2D eigenvalue weighted by atomic mass is 14.7. The molecule has 1 aliphatic carbocycles. The Kier molecular flexibility index (Phi) is 2.60. The maximum absolute atomic E-state index is 6.14. The summed E-state index contributed by atoms with van der Waals surface area (Å²) in [7, 11) is 0. The van der Waals surface area contributed by atoms with E-state index in [-0.39, 0.29) is 6.04 Å². The molecule has 2 atom stereocenters. The summed E-state index contributed by atoms with van der Waals surface area (Å²) in [6, 6.07) is 7.12. The van der Waals surface area contributed by atoms with Crippen molar-refractivity contribution in [2.24, 2.45) is 5.73 Å². The van der Waals surface area contributed by atoms with Crippen molar-refractivity contribution in [3.63, 3.8) is 0 Å². The number of nitrogens with two attached hydrogens (primary N) is 1. The van der Waals surface area contributed by atoms with Gasteiger partial charge in [-0.15, -0.1) is 0 Å². The zero-order valence-corrected chi connectivity index (χ0v) is 9.09. The summed E-state index contributed by atoms with van der Waals surface area (Å²) in [4.78, 5) is 0. The van der Waals surface area contributed by atoms with Gasteiger partial charge in [0.15, 0.2) is 0 Å². The second-order valence-corrected chi connectivity index (χ2v) is 4.26. The lowest BCUT2D eigenvalue weighted by atomic mass is 9.97. The molecular formula is C13H19N. The molecule has 2 unspecified atom stereocenters. The number of benzene rings is 1. The van der Waals surface area contributed by atoms with E-state index in [4.69, 9.17) is 5.73 Å². The Morgan fingerprint density at radius 3 is 2.71 bits per heavy atom.